The monoisotopic (exact) mass is 479 g/mol. The fourth-order valence-electron chi connectivity index (χ4n) is 3.29. The smallest absolute Gasteiger partial charge is 0.340 e. The van der Waals surface area contributed by atoms with E-state index in [0.29, 0.717) is 31.0 Å². The Kier molecular flexibility index (Phi) is 9.12. The van der Waals surface area contributed by atoms with Crippen molar-refractivity contribution in [1.29, 1.82) is 5.26 Å². The number of amides is 1. The van der Waals surface area contributed by atoms with Gasteiger partial charge in [-0.25, -0.2) is 4.99 Å². The first kappa shape index (κ1) is 26.0. The molecule has 0 saturated carbocycles. The summed E-state index contributed by atoms with van der Waals surface area (Å²) in [6.07, 6.45) is 1.97. The molecule has 0 radical (unpaired) electrons. The van der Waals surface area contributed by atoms with Gasteiger partial charge in [0.05, 0.1) is 5.70 Å². The highest BCUT2D eigenvalue weighted by molar-refractivity contribution is 6.30. The number of nitrogens with zero attached hydrogens (tertiary/aromatic N) is 4. The highest BCUT2D eigenvalue weighted by Gasteiger charge is 2.35. The molecule has 0 bridgehead atoms. The fourth-order valence-corrected chi connectivity index (χ4v) is 3.41. The van der Waals surface area contributed by atoms with Crippen molar-refractivity contribution in [2.75, 3.05) is 13.6 Å². The first-order chi connectivity index (χ1) is 15.6. The number of allylic oxidation sites excluding steroid dienone is 4. The lowest BCUT2D eigenvalue weighted by molar-refractivity contribution is -0.134. The molecule has 6 nitrogen and oxygen atoms in total. The summed E-state index contributed by atoms with van der Waals surface area (Å²) in [5.74, 6) is -0.0541. The molecule has 1 aliphatic rings. The number of carbonyl (C=O) groups is 1. The van der Waals surface area contributed by atoms with Crippen LogP contribution in [0.3, 0.4) is 0 Å². The molecule has 1 heterocycles. The number of alkyl halides is 3. The molecule has 1 unspecified atom stereocenters. The van der Waals surface area contributed by atoms with E-state index in [9.17, 15) is 23.2 Å². The Labute approximate surface area is 196 Å². The average Bonchev–Trinajstić information content (AvgIpc) is 3.25. The maximum Gasteiger partial charge on any atom is 0.415 e. The molecule has 1 amide bonds. The van der Waals surface area contributed by atoms with Crippen LogP contribution in [0.1, 0.15) is 25.3 Å². The Hall–Kier alpha value is -3.25. The molecule has 33 heavy (non-hydrogen) atoms. The van der Waals surface area contributed by atoms with E-state index >= 15 is 0 Å². The Morgan fingerprint density at radius 1 is 1.39 bits per heavy atom. The number of hydrogen-bond acceptors (Lipinski definition) is 3. The lowest BCUT2D eigenvalue weighted by atomic mass is 10.1. The molecular formula is C23H25ClF3N5O. The number of rotatable bonds is 6. The van der Waals surface area contributed by atoms with Crippen molar-refractivity contribution in [2.45, 2.75) is 38.5 Å². The predicted molar refractivity (Wildman–Crippen MR) is 122 cm³/mol. The average molecular weight is 480 g/mol. The lowest BCUT2D eigenvalue weighted by Gasteiger charge is -2.29. The summed E-state index contributed by atoms with van der Waals surface area (Å²) in [4.78, 5) is 20.7. The molecule has 1 N–H and O–H groups in total. The molecule has 176 valence electrons. The van der Waals surface area contributed by atoms with Crippen LogP contribution in [0.5, 0.6) is 0 Å². The molecular weight excluding hydrogens is 455 g/mol. The normalized spacial score (nSPS) is 17.2. The zero-order valence-electron chi connectivity index (χ0n) is 18.4. The highest BCUT2D eigenvalue weighted by Crippen LogP contribution is 2.25. The van der Waals surface area contributed by atoms with E-state index in [4.69, 9.17) is 11.6 Å². The van der Waals surface area contributed by atoms with Gasteiger partial charge in [-0.15, -0.1) is 0 Å². The molecule has 0 aromatic heterocycles. The Morgan fingerprint density at radius 2 is 2.06 bits per heavy atom. The number of likely N-dealkylation sites (tertiary alicyclic amines) is 1. The van der Waals surface area contributed by atoms with Crippen LogP contribution in [0.2, 0.25) is 5.02 Å². The number of benzene rings is 1. The minimum atomic E-state index is -4.55. The van der Waals surface area contributed by atoms with Crippen molar-refractivity contribution in [1.82, 2.24) is 15.1 Å². The highest BCUT2D eigenvalue weighted by atomic mass is 35.5. The van der Waals surface area contributed by atoms with Gasteiger partial charge in [-0.05, 0) is 49.6 Å². The van der Waals surface area contributed by atoms with Crippen LogP contribution in [-0.2, 0) is 11.3 Å². The van der Waals surface area contributed by atoms with E-state index in [2.05, 4.69) is 16.9 Å². The molecule has 1 aliphatic heterocycles. The number of nitrogens with one attached hydrogen (secondary N) is 1. The second-order valence-corrected chi connectivity index (χ2v) is 7.85. The topological polar surface area (TPSA) is 71.7 Å². The molecule has 0 spiro atoms. The van der Waals surface area contributed by atoms with Crippen LogP contribution in [0, 0.1) is 11.5 Å². The molecule has 10 heteroatoms. The number of carbonyl (C=O) groups excluding carboxylic acids is 1. The number of halogens is 4. The maximum absolute atomic E-state index is 13.1. The van der Waals surface area contributed by atoms with Crippen LogP contribution in [0.25, 0.3) is 0 Å². The maximum atomic E-state index is 13.1. The number of aliphatic imine (C=N–C) groups is 1. The lowest BCUT2D eigenvalue weighted by Crippen LogP contribution is -2.49. The summed E-state index contributed by atoms with van der Waals surface area (Å²) in [7, 11) is 1.69. The Morgan fingerprint density at radius 3 is 2.64 bits per heavy atom. The number of likely N-dealkylation sites (N-methyl/N-ethyl adjacent to an activating group) is 1. The van der Waals surface area contributed by atoms with E-state index < -0.39 is 17.8 Å². The quantitative estimate of drug-likeness (QED) is 0.210. The first-order valence-electron chi connectivity index (χ1n) is 10.2. The van der Waals surface area contributed by atoms with Crippen LogP contribution in [-0.4, -0.2) is 47.5 Å². The molecule has 0 aliphatic carbocycles. The van der Waals surface area contributed by atoms with Gasteiger partial charge in [-0.3, -0.25) is 10.1 Å². The summed E-state index contributed by atoms with van der Waals surface area (Å²) in [5, 5.41) is 12.2. The minimum Gasteiger partial charge on any atom is -0.340 e. The predicted octanol–water partition coefficient (Wildman–Crippen LogP) is 4.77. The van der Waals surface area contributed by atoms with Gasteiger partial charge >= 0.3 is 6.18 Å². The molecule has 2 rings (SSSR count). The van der Waals surface area contributed by atoms with Crippen LogP contribution < -0.4 is 5.32 Å². The van der Waals surface area contributed by atoms with Gasteiger partial charge in [-0.1, -0.05) is 36.4 Å². The summed E-state index contributed by atoms with van der Waals surface area (Å²) >= 11 is 5.91. The summed E-state index contributed by atoms with van der Waals surface area (Å²) < 4.78 is 38.1. The summed E-state index contributed by atoms with van der Waals surface area (Å²) in [6, 6.07) is 6.61. The zero-order valence-corrected chi connectivity index (χ0v) is 19.1. The van der Waals surface area contributed by atoms with Gasteiger partial charge in [0.1, 0.15) is 6.04 Å². The van der Waals surface area contributed by atoms with Gasteiger partial charge < -0.3 is 9.80 Å². The third-order valence-electron chi connectivity index (χ3n) is 5.04. The van der Waals surface area contributed by atoms with Crippen molar-refractivity contribution in [3.63, 3.8) is 0 Å². The number of nitriles is 1. The second-order valence-electron chi connectivity index (χ2n) is 7.41. The van der Waals surface area contributed by atoms with Crippen molar-refractivity contribution in [3.8, 4) is 6.19 Å². The number of hydrogen-bond donors (Lipinski definition) is 1. The van der Waals surface area contributed by atoms with E-state index in [1.807, 2.05) is 12.1 Å². The third-order valence-corrected chi connectivity index (χ3v) is 5.29. The first-order valence-corrected chi connectivity index (χ1v) is 10.5. The molecule has 1 aromatic carbocycles. The summed E-state index contributed by atoms with van der Waals surface area (Å²) in [5.41, 5.74) is 0.0748. The van der Waals surface area contributed by atoms with Crippen LogP contribution in [0.15, 0.2) is 65.3 Å². The summed E-state index contributed by atoms with van der Waals surface area (Å²) in [6.45, 7) is 5.45. The zero-order chi connectivity index (χ0) is 24.6. The van der Waals surface area contributed by atoms with E-state index in [1.165, 1.54) is 6.08 Å². The van der Waals surface area contributed by atoms with Gasteiger partial charge in [0, 0.05) is 30.7 Å². The Bertz CT molecular complexity index is 993. The largest absolute Gasteiger partial charge is 0.415 e. The van der Waals surface area contributed by atoms with Gasteiger partial charge in [0.2, 0.25) is 11.9 Å². The van der Waals surface area contributed by atoms with Crippen LogP contribution >= 0.6 is 11.6 Å². The van der Waals surface area contributed by atoms with Crippen molar-refractivity contribution < 1.29 is 18.0 Å². The van der Waals surface area contributed by atoms with E-state index in [0.717, 1.165) is 17.7 Å². The standard InChI is InChI=1S/C23H25ClF3N5O/c1-4-19(12-7-16(2)23(25,26)27)30-22(29-15-28)32-13-5-6-20(32)21(33)31(3)14-17-8-10-18(24)11-9-17/h4,7-12,20H,2,5-6,13-14H2,1,3H3,(H,29,30)/b12-7-,19-4+. The molecule has 1 aromatic rings. The van der Waals surface area contributed by atoms with E-state index in [1.54, 1.807) is 42.1 Å². The van der Waals surface area contributed by atoms with Crippen molar-refractivity contribution in [3.05, 3.63) is 70.9 Å². The van der Waals surface area contributed by atoms with Gasteiger partial charge in [0.25, 0.3) is 0 Å². The Balaban J connectivity index is 2.21. The van der Waals surface area contributed by atoms with E-state index in [-0.39, 0.29) is 17.6 Å². The van der Waals surface area contributed by atoms with Crippen LogP contribution in [0.4, 0.5) is 13.2 Å². The molecule has 1 fully saturated rings. The number of guanidine groups is 1. The van der Waals surface area contributed by atoms with Crippen molar-refractivity contribution in [2.24, 2.45) is 4.99 Å². The third kappa shape index (κ3) is 7.39. The van der Waals surface area contributed by atoms with Gasteiger partial charge in [-0.2, -0.15) is 18.4 Å². The minimum absolute atomic E-state index is 0.101. The fraction of sp³-hybridized carbons (Fsp3) is 0.348. The molecule has 1 saturated heterocycles. The second kappa shape index (κ2) is 11.6. The molecule has 1 atom stereocenters. The van der Waals surface area contributed by atoms with Gasteiger partial charge in [0.15, 0.2) is 6.19 Å². The SMILES string of the molecule is C=C(/C=C\C(=C/C)N=C(NC#N)N1CCCC1C(=O)N(C)Cc1ccc(Cl)cc1)C(F)(F)F. The van der Waals surface area contributed by atoms with Crippen molar-refractivity contribution >= 4 is 23.5 Å².